The molecule has 0 aromatic carbocycles. The number of hydrogen-bond acceptors (Lipinski definition) is 2. The maximum absolute atomic E-state index is 9.79. The zero-order valence-electron chi connectivity index (χ0n) is 12.4. The van der Waals surface area contributed by atoms with Gasteiger partial charge in [0, 0.05) is 6.20 Å². The Morgan fingerprint density at radius 3 is 2.74 bits per heavy atom. The lowest BCUT2D eigenvalue weighted by Gasteiger charge is -2.21. The molecule has 3 heteroatoms. The molecule has 1 saturated carbocycles. The summed E-state index contributed by atoms with van der Waals surface area (Å²) in [4.78, 5) is 0. The fourth-order valence-corrected chi connectivity index (χ4v) is 2.89. The molecule has 0 spiro atoms. The molecule has 19 heavy (non-hydrogen) atoms. The van der Waals surface area contributed by atoms with Gasteiger partial charge in [0.25, 0.3) is 0 Å². The summed E-state index contributed by atoms with van der Waals surface area (Å²) < 4.78 is 2.17. The molecule has 1 aliphatic rings. The molecule has 0 bridgehead atoms. The Hall–Kier alpha value is -0.830. The van der Waals surface area contributed by atoms with Crippen molar-refractivity contribution in [2.45, 2.75) is 77.4 Å². The predicted octanol–water partition coefficient (Wildman–Crippen LogP) is 3.73. The largest absolute Gasteiger partial charge is 0.393 e. The lowest BCUT2D eigenvalue weighted by Crippen LogP contribution is -2.15. The minimum atomic E-state index is -0.166. The third kappa shape index (κ3) is 4.34. The molecule has 1 aliphatic carbocycles. The molecule has 2 rings (SSSR count). The molecule has 3 nitrogen and oxygen atoms in total. The number of nitrogens with zero attached hydrogens (tertiary/aromatic N) is 2. The van der Waals surface area contributed by atoms with Crippen molar-refractivity contribution in [2.24, 2.45) is 5.92 Å². The lowest BCUT2D eigenvalue weighted by molar-refractivity contribution is 0.114. The van der Waals surface area contributed by atoms with E-state index in [1.165, 1.54) is 37.8 Å². The van der Waals surface area contributed by atoms with Gasteiger partial charge >= 0.3 is 0 Å². The van der Waals surface area contributed by atoms with Crippen molar-refractivity contribution in [3.05, 3.63) is 18.0 Å². The van der Waals surface area contributed by atoms with E-state index in [4.69, 9.17) is 5.10 Å². The SMILES string of the molecule is CC(C)C(O)CCCc1ccn(C2CCCCC2)n1. The van der Waals surface area contributed by atoms with E-state index in [-0.39, 0.29) is 6.10 Å². The molecule has 1 fully saturated rings. The Morgan fingerprint density at radius 1 is 1.32 bits per heavy atom. The molecule has 108 valence electrons. The van der Waals surface area contributed by atoms with Gasteiger partial charge in [-0.3, -0.25) is 4.68 Å². The number of aliphatic hydroxyl groups excluding tert-OH is 1. The average molecular weight is 264 g/mol. The van der Waals surface area contributed by atoms with Crippen molar-refractivity contribution in [1.82, 2.24) is 9.78 Å². The summed E-state index contributed by atoms with van der Waals surface area (Å²) in [6.07, 6.45) is 11.5. The summed E-state index contributed by atoms with van der Waals surface area (Å²) in [6.45, 7) is 4.14. The molecule has 1 atom stereocenters. The summed E-state index contributed by atoms with van der Waals surface area (Å²) in [7, 11) is 0. The zero-order chi connectivity index (χ0) is 13.7. The first-order chi connectivity index (χ1) is 9.16. The van der Waals surface area contributed by atoms with Crippen molar-refractivity contribution in [1.29, 1.82) is 0 Å². The van der Waals surface area contributed by atoms with E-state index in [1.807, 2.05) is 0 Å². The Morgan fingerprint density at radius 2 is 2.05 bits per heavy atom. The summed E-state index contributed by atoms with van der Waals surface area (Å²) >= 11 is 0. The van der Waals surface area contributed by atoms with E-state index in [1.54, 1.807) is 0 Å². The molecule has 1 heterocycles. The summed E-state index contributed by atoms with van der Waals surface area (Å²) in [5.74, 6) is 0.361. The van der Waals surface area contributed by atoms with Crippen LogP contribution in [0.15, 0.2) is 12.3 Å². The second-order valence-corrected chi connectivity index (χ2v) is 6.28. The monoisotopic (exact) mass is 264 g/mol. The molecule has 1 aromatic heterocycles. The van der Waals surface area contributed by atoms with Crippen molar-refractivity contribution in [2.75, 3.05) is 0 Å². The third-order valence-corrected chi connectivity index (χ3v) is 4.31. The van der Waals surface area contributed by atoms with Crippen molar-refractivity contribution >= 4 is 0 Å². The summed E-state index contributed by atoms with van der Waals surface area (Å²) in [6, 6.07) is 2.78. The van der Waals surface area contributed by atoms with E-state index < -0.39 is 0 Å². The molecule has 0 aliphatic heterocycles. The van der Waals surface area contributed by atoms with E-state index in [0.29, 0.717) is 12.0 Å². The van der Waals surface area contributed by atoms with Crippen molar-refractivity contribution in [3.63, 3.8) is 0 Å². The van der Waals surface area contributed by atoms with Crippen LogP contribution in [0.4, 0.5) is 0 Å². The fourth-order valence-electron chi connectivity index (χ4n) is 2.89. The van der Waals surface area contributed by atoms with Crippen LogP contribution in [0.5, 0.6) is 0 Å². The molecule has 1 N–H and O–H groups in total. The van der Waals surface area contributed by atoms with Gasteiger partial charge in [0.05, 0.1) is 17.8 Å². The standard InChI is InChI=1S/C16H28N2O/c1-13(2)16(19)10-6-7-14-11-12-18(17-14)15-8-4-3-5-9-15/h11-13,15-16,19H,3-10H2,1-2H3. The Balaban J connectivity index is 1.77. The van der Waals surface area contributed by atoms with Gasteiger partial charge in [-0.15, -0.1) is 0 Å². The maximum Gasteiger partial charge on any atom is 0.0624 e. The predicted molar refractivity (Wildman–Crippen MR) is 78.1 cm³/mol. The third-order valence-electron chi connectivity index (χ3n) is 4.31. The fraction of sp³-hybridized carbons (Fsp3) is 0.812. The van der Waals surface area contributed by atoms with Gasteiger partial charge in [0.2, 0.25) is 0 Å². The number of aliphatic hydroxyl groups is 1. The van der Waals surface area contributed by atoms with Crippen molar-refractivity contribution < 1.29 is 5.11 Å². The van der Waals surface area contributed by atoms with E-state index >= 15 is 0 Å². The molecule has 0 radical (unpaired) electrons. The van der Waals surface area contributed by atoms with E-state index in [0.717, 1.165) is 19.3 Å². The van der Waals surface area contributed by atoms with Gasteiger partial charge in [0.1, 0.15) is 0 Å². The van der Waals surface area contributed by atoms with Crippen LogP contribution >= 0.6 is 0 Å². The minimum Gasteiger partial charge on any atom is -0.393 e. The van der Waals surface area contributed by atoms with Gasteiger partial charge in [-0.05, 0) is 44.1 Å². The molecule has 1 unspecified atom stereocenters. The van der Waals surface area contributed by atoms with Gasteiger partial charge in [-0.1, -0.05) is 33.1 Å². The Bertz CT molecular complexity index is 367. The first-order valence-corrected chi connectivity index (χ1v) is 7.89. The second kappa shape index (κ2) is 7.09. The smallest absolute Gasteiger partial charge is 0.0624 e. The van der Waals surface area contributed by atoms with Crippen LogP contribution in [0.25, 0.3) is 0 Å². The highest BCUT2D eigenvalue weighted by Gasteiger charge is 2.16. The van der Waals surface area contributed by atoms with Crippen LogP contribution in [0.3, 0.4) is 0 Å². The van der Waals surface area contributed by atoms with Crippen LogP contribution in [-0.2, 0) is 6.42 Å². The average Bonchev–Trinajstić information content (AvgIpc) is 2.88. The number of aryl methyl sites for hydroxylation is 1. The highest BCUT2D eigenvalue weighted by molar-refractivity contribution is 5.00. The van der Waals surface area contributed by atoms with Gasteiger partial charge < -0.3 is 5.11 Å². The molecular formula is C16H28N2O. The summed E-state index contributed by atoms with van der Waals surface area (Å²) in [5.41, 5.74) is 1.18. The quantitative estimate of drug-likeness (QED) is 0.850. The van der Waals surface area contributed by atoms with E-state index in [9.17, 15) is 5.11 Å². The first kappa shape index (κ1) is 14.6. The van der Waals surface area contributed by atoms with Crippen LogP contribution < -0.4 is 0 Å². The number of hydrogen-bond donors (Lipinski definition) is 1. The highest BCUT2D eigenvalue weighted by atomic mass is 16.3. The van der Waals surface area contributed by atoms with Crippen LogP contribution in [0, 0.1) is 5.92 Å². The second-order valence-electron chi connectivity index (χ2n) is 6.28. The Kier molecular flexibility index (Phi) is 5.44. The lowest BCUT2D eigenvalue weighted by atomic mass is 9.96. The van der Waals surface area contributed by atoms with Gasteiger partial charge in [-0.25, -0.2) is 0 Å². The van der Waals surface area contributed by atoms with Gasteiger partial charge in [0.15, 0.2) is 0 Å². The Labute approximate surface area is 117 Å². The first-order valence-electron chi connectivity index (χ1n) is 7.89. The molecule has 0 amide bonds. The zero-order valence-corrected chi connectivity index (χ0v) is 12.4. The molecule has 0 saturated heterocycles. The van der Waals surface area contributed by atoms with Gasteiger partial charge in [-0.2, -0.15) is 5.10 Å². The maximum atomic E-state index is 9.79. The number of aromatic nitrogens is 2. The molecular weight excluding hydrogens is 236 g/mol. The van der Waals surface area contributed by atoms with Crippen LogP contribution in [-0.4, -0.2) is 21.0 Å². The van der Waals surface area contributed by atoms with Crippen molar-refractivity contribution in [3.8, 4) is 0 Å². The van der Waals surface area contributed by atoms with Crippen LogP contribution in [0.2, 0.25) is 0 Å². The number of rotatable bonds is 6. The minimum absolute atomic E-state index is 0.166. The normalized spacial score (nSPS) is 18.9. The summed E-state index contributed by atoms with van der Waals surface area (Å²) in [5, 5.41) is 14.5. The highest BCUT2D eigenvalue weighted by Crippen LogP contribution is 2.27. The van der Waals surface area contributed by atoms with E-state index in [2.05, 4.69) is 30.8 Å². The topological polar surface area (TPSA) is 38.0 Å². The van der Waals surface area contributed by atoms with Crippen LogP contribution in [0.1, 0.15) is 70.5 Å². The molecule has 1 aromatic rings.